The lowest BCUT2D eigenvalue weighted by molar-refractivity contribution is 0.160. The van der Waals surface area contributed by atoms with Gasteiger partial charge >= 0.3 is 0 Å². The third kappa shape index (κ3) is 2.66. The van der Waals surface area contributed by atoms with Gasteiger partial charge in [0.15, 0.2) is 10.4 Å². The lowest BCUT2D eigenvalue weighted by Gasteiger charge is -2.32. The molecule has 2 aromatic rings. The van der Waals surface area contributed by atoms with Crippen LogP contribution >= 0.6 is 12.2 Å². The van der Waals surface area contributed by atoms with Gasteiger partial charge in [-0.15, -0.1) is 0 Å². The summed E-state index contributed by atoms with van der Waals surface area (Å²) in [5.74, 6) is 0. The van der Waals surface area contributed by atoms with Gasteiger partial charge in [0.2, 0.25) is 0 Å². The molecule has 3 rings (SSSR count). The maximum Gasteiger partial charge on any atom is 0.179 e. The Balaban J connectivity index is 1.92. The molecule has 0 aromatic carbocycles. The monoisotopic (exact) mass is 307 g/mol. The molecular weight excluding hydrogens is 282 g/mol. The molecule has 0 amide bonds. The van der Waals surface area contributed by atoms with E-state index < -0.39 is 0 Å². The average Bonchev–Trinajstić information content (AvgIpc) is 2.98. The SMILES string of the molecule is CCn1nc(C)c2[nH]c(=S)n(CC(C)N3CCCCC3)c21. The first kappa shape index (κ1) is 14.8. The van der Waals surface area contributed by atoms with Gasteiger partial charge in [0.1, 0.15) is 5.52 Å². The van der Waals surface area contributed by atoms with E-state index in [0.717, 1.165) is 34.7 Å². The second-order valence-corrected chi connectivity index (χ2v) is 6.47. The van der Waals surface area contributed by atoms with Gasteiger partial charge in [0.05, 0.1) is 5.69 Å². The number of H-pyrrole nitrogens is 1. The summed E-state index contributed by atoms with van der Waals surface area (Å²) < 4.78 is 5.10. The Morgan fingerprint density at radius 3 is 2.67 bits per heavy atom. The van der Waals surface area contributed by atoms with Crippen LogP contribution in [0.4, 0.5) is 0 Å². The van der Waals surface area contributed by atoms with Gasteiger partial charge in [-0.1, -0.05) is 6.42 Å². The molecule has 1 aliphatic rings. The third-order valence-corrected chi connectivity index (χ3v) is 4.92. The molecule has 1 fully saturated rings. The topological polar surface area (TPSA) is 41.8 Å². The number of hydrogen-bond donors (Lipinski definition) is 1. The van der Waals surface area contributed by atoms with Crippen LogP contribution < -0.4 is 0 Å². The first-order valence-corrected chi connectivity index (χ1v) is 8.42. The summed E-state index contributed by atoms with van der Waals surface area (Å²) in [6, 6.07) is 0.511. The highest BCUT2D eigenvalue weighted by Gasteiger charge is 2.20. The van der Waals surface area contributed by atoms with Crippen molar-refractivity contribution in [1.29, 1.82) is 0 Å². The van der Waals surface area contributed by atoms with Gasteiger partial charge in [-0.25, -0.2) is 4.68 Å². The number of rotatable bonds is 4. The second-order valence-electron chi connectivity index (χ2n) is 6.09. The Kier molecular flexibility index (Phi) is 4.17. The summed E-state index contributed by atoms with van der Waals surface area (Å²) in [7, 11) is 0. The fraction of sp³-hybridized carbons (Fsp3) is 0.733. The quantitative estimate of drug-likeness (QED) is 0.883. The van der Waals surface area contributed by atoms with Crippen molar-refractivity contribution in [2.45, 2.75) is 59.2 Å². The van der Waals surface area contributed by atoms with Crippen molar-refractivity contribution in [3.05, 3.63) is 10.5 Å². The van der Waals surface area contributed by atoms with Crippen molar-refractivity contribution in [1.82, 2.24) is 24.2 Å². The van der Waals surface area contributed by atoms with Crippen molar-refractivity contribution < 1.29 is 0 Å². The van der Waals surface area contributed by atoms with Crippen LogP contribution in [0, 0.1) is 11.7 Å². The van der Waals surface area contributed by atoms with Crippen LogP contribution in [0.15, 0.2) is 0 Å². The zero-order chi connectivity index (χ0) is 15.0. The van der Waals surface area contributed by atoms with E-state index in [1.54, 1.807) is 0 Å². The van der Waals surface area contributed by atoms with Gasteiger partial charge in [0.25, 0.3) is 0 Å². The number of nitrogens with one attached hydrogen (secondary N) is 1. The number of likely N-dealkylation sites (tertiary alicyclic amines) is 1. The zero-order valence-electron chi connectivity index (χ0n) is 13.2. The van der Waals surface area contributed by atoms with Crippen LogP contribution in [0.1, 0.15) is 38.8 Å². The lowest BCUT2D eigenvalue weighted by atomic mass is 10.1. The normalized spacial score (nSPS) is 18.4. The molecule has 1 saturated heterocycles. The molecule has 116 valence electrons. The van der Waals surface area contributed by atoms with Gasteiger partial charge < -0.3 is 9.55 Å². The van der Waals surface area contributed by atoms with Crippen LogP contribution in [-0.4, -0.2) is 43.4 Å². The fourth-order valence-corrected chi connectivity index (χ4v) is 3.65. The third-order valence-electron chi connectivity index (χ3n) is 4.59. The summed E-state index contributed by atoms with van der Waals surface area (Å²) >= 11 is 5.54. The number of aromatic amines is 1. The molecule has 0 spiro atoms. The van der Waals surface area contributed by atoms with E-state index in [-0.39, 0.29) is 0 Å². The largest absolute Gasteiger partial charge is 0.328 e. The smallest absolute Gasteiger partial charge is 0.179 e. The fourth-order valence-electron chi connectivity index (χ4n) is 3.39. The minimum atomic E-state index is 0.511. The molecule has 6 heteroatoms. The van der Waals surface area contributed by atoms with E-state index in [1.807, 2.05) is 6.92 Å². The summed E-state index contributed by atoms with van der Waals surface area (Å²) in [6.07, 6.45) is 4.02. The number of piperidine rings is 1. The van der Waals surface area contributed by atoms with Crippen LogP contribution in [0.5, 0.6) is 0 Å². The predicted octanol–water partition coefficient (Wildman–Crippen LogP) is 3.10. The molecule has 21 heavy (non-hydrogen) atoms. The van der Waals surface area contributed by atoms with E-state index in [1.165, 1.54) is 32.4 Å². The van der Waals surface area contributed by atoms with Crippen molar-refractivity contribution in [3.8, 4) is 0 Å². The van der Waals surface area contributed by atoms with E-state index in [9.17, 15) is 0 Å². The number of fused-ring (bicyclic) bond motifs is 1. The van der Waals surface area contributed by atoms with Gasteiger partial charge in [-0.2, -0.15) is 5.10 Å². The molecule has 1 aliphatic heterocycles. The Labute approximate surface area is 130 Å². The summed E-state index contributed by atoms with van der Waals surface area (Å²) in [5.41, 5.74) is 3.26. The number of aryl methyl sites for hydroxylation is 2. The van der Waals surface area contributed by atoms with Crippen molar-refractivity contribution in [2.75, 3.05) is 13.1 Å². The van der Waals surface area contributed by atoms with Gasteiger partial charge in [-0.3, -0.25) is 4.90 Å². The Bertz CT molecular complexity index is 674. The average molecular weight is 307 g/mol. The predicted molar refractivity (Wildman–Crippen MR) is 88.2 cm³/mol. The highest BCUT2D eigenvalue weighted by Crippen LogP contribution is 2.20. The maximum atomic E-state index is 5.54. The van der Waals surface area contributed by atoms with Crippen molar-refractivity contribution in [3.63, 3.8) is 0 Å². The Morgan fingerprint density at radius 1 is 1.29 bits per heavy atom. The molecule has 5 nitrogen and oxygen atoms in total. The van der Waals surface area contributed by atoms with Crippen molar-refractivity contribution >= 4 is 23.4 Å². The van der Waals surface area contributed by atoms with Crippen molar-refractivity contribution in [2.24, 2.45) is 0 Å². The molecule has 0 aliphatic carbocycles. The van der Waals surface area contributed by atoms with Crippen LogP contribution in [-0.2, 0) is 13.1 Å². The first-order valence-electron chi connectivity index (χ1n) is 8.01. The Morgan fingerprint density at radius 2 is 2.00 bits per heavy atom. The molecule has 1 N–H and O–H groups in total. The summed E-state index contributed by atoms with van der Waals surface area (Å²) in [6.45, 7) is 10.7. The van der Waals surface area contributed by atoms with Gasteiger partial charge in [-0.05, 0) is 58.9 Å². The van der Waals surface area contributed by atoms with Crippen LogP contribution in [0.3, 0.4) is 0 Å². The highest BCUT2D eigenvalue weighted by molar-refractivity contribution is 7.71. The first-order chi connectivity index (χ1) is 10.1. The van der Waals surface area contributed by atoms with E-state index in [4.69, 9.17) is 12.2 Å². The summed E-state index contributed by atoms with van der Waals surface area (Å²) in [4.78, 5) is 5.92. The lowest BCUT2D eigenvalue weighted by Crippen LogP contribution is -2.39. The van der Waals surface area contributed by atoms with E-state index >= 15 is 0 Å². The molecule has 3 heterocycles. The van der Waals surface area contributed by atoms with Crippen LogP contribution in [0.2, 0.25) is 0 Å². The van der Waals surface area contributed by atoms with Gasteiger partial charge in [0, 0.05) is 19.1 Å². The molecule has 1 unspecified atom stereocenters. The molecule has 0 bridgehead atoms. The van der Waals surface area contributed by atoms with Crippen LogP contribution in [0.25, 0.3) is 11.2 Å². The molecule has 0 radical (unpaired) electrons. The Hall–Kier alpha value is -1.14. The molecule has 2 aromatic heterocycles. The number of hydrogen-bond acceptors (Lipinski definition) is 3. The molecule has 1 atom stereocenters. The second kappa shape index (κ2) is 5.93. The molecular formula is C15H25N5S. The minimum Gasteiger partial charge on any atom is -0.328 e. The summed E-state index contributed by atoms with van der Waals surface area (Å²) in [5, 5.41) is 4.59. The number of aromatic nitrogens is 4. The maximum absolute atomic E-state index is 5.54. The highest BCUT2D eigenvalue weighted by atomic mass is 32.1. The standard InChI is InChI=1S/C15H25N5S/c1-4-20-14-13(12(3)17-20)16-15(21)19(14)10-11(2)18-8-6-5-7-9-18/h11H,4-10H2,1-3H3,(H,16,21). The van der Waals surface area contributed by atoms with E-state index in [0.29, 0.717) is 6.04 Å². The van der Waals surface area contributed by atoms with E-state index in [2.05, 4.69) is 38.1 Å². The number of imidazole rings is 1. The minimum absolute atomic E-state index is 0.511. The zero-order valence-corrected chi connectivity index (χ0v) is 14.0. The molecule has 0 saturated carbocycles. The number of nitrogens with zero attached hydrogens (tertiary/aromatic N) is 4.